The molecule has 0 unspecified atom stereocenters. The third kappa shape index (κ3) is 5.97. The highest BCUT2D eigenvalue weighted by atomic mass is 19.4. The first kappa shape index (κ1) is 27.7. The van der Waals surface area contributed by atoms with E-state index in [1.54, 1.807) is 18.3 Å². The number of piperazine rings is 1. The lowest BCUT2D eigenvalue weighted by Gasteiger charge is -2.35. The number of rotatable bonds is 5. The number of morpholine rings is 1. The molecule has 0 spiro atoms. The number of alkyl halides is 3. The van der Waals surface area contributed by atoms with Crippen LogP contribution in [0.25, 0.3) is 11.1 Å². The Labute approximate surface area is 229 Å². The molecule has 1 aromatic carbocycles. The maximum Gasteiger partial charge on any atom is 0.417 e. The number of nitrogens with one attached hydrogen (secondary N) is 2. The molecule has 3 aliphatic heterocycles. The number of anilines is 3. The van der Waals surface area contributed by atoms with Crippen molar-refractivity contribution in [1.82, 2.24) is 15.2 Å². The number of carbonyl (C=O) groups excluding carboxylic acids is 1. The van der Waals surface area contributed by atoms with Crippen LogP contribution >= 0.6 is 0 Å². The highest BCUT2D eigenvalue weighted by Crippen LogP contribution is 2.38. The van der Waals surface area contributed by atoms with Gasteiger partial charge >= 0.3 is 6.18 Å². The minimum absolute atomic E-state index is 0.0137. The van der Waals surface area contributed by atoms with E-state index in [4.69, 9.17) is 4.74 Å². The van der Waals surface area contributed by atoms with Gasteiger partial charge in [-0.3, -0.25) is 4.79 Å². The molecular weight excluding hydrogens is 528 g/mol. The van der Waals surface area contributed by atoms with Gasteiger partial charge in [0.15, 0.2) is 0 Å². The lowest BCUT2D eigenvalue weighted by atomic mass is 10.0. The van der Waals surface area contributed by atoms with Crippen LogP contribution in [-0.4, -0.2) is 81.5 Å². The van der Waals surface area contributed by atoms with Crippen molar-refractivity contribution in [3.8, 4) is 11.1 Å². The van der Waals surface area contributed by atoms with Crippen molar-refractivity contribution in [2.45, 2.75) is 6.18 Å². The van der Waals surface area contributed by atoms with Crippen LogP contribution < -0.4 is 20.4 Å². The highest BCUT2D eigenvalue weighted by Gasteiger charge is 2.40. The second-order valence-corrected chi connectivity index (χ2v) is 9.88. The van der Waals surface area contributed by atoms with E-state index in [0.717, 1.165) is 12.3 Å². The Bertz CT molecular complexity index is 1360. The SMILES string of the molecule is C=C1C=C(C(F)(F)F)C(C(=O)Nc2cc(-c3ccnc(N4CCOCC4)c3)c(F)cc2N2CCN(C)CC2)=CN1. The van der Waals surface area contributed by atoms with Gasteiger partial charge in [0.1, 0.15) is 11.6 Å². The minimum atomic E-state index is -4.77. The van der Waals surface area contributed by atoms with Crippen molar-refractivity contribution < 1.29 is 27.1 Å². The molecule has 3 aliphatic rings. The monoisotopic (exact) mass is 558 g/mol. The van der Waals surface area contributed by atoms with E-state index in [9.17, 15) is 18.0 Å². The Kier molecular flexibility index (Phi) is 7.81. The summed E-state index contributed by atoms with van der Waals surface area (Å²) in [7, 11) is 1.97. The van der Waals surface area contributed by atoms with Crippen LogP contribution in [0.4, 0.5) is 34.8 Å². The van der Waals surface area contributed by atoms with Crippen LogP contribution in [0.3, 0.4) is 0 Å². The average Bonchev–Trinajstić information content (AvgIpc) is 2.94. The smallest absolute Gasteiger partial charge is 0.378 e. The van der Waals surface area contributed by atoms with Crippen molar-refractivity contribution in [2.75, 3.05) is 74.6 Å². The summed E-state index contributed by atoms with van der Waals surface area (Å²) < 4.78 is 62.4. The second-order valence-electron chi connectivity index (χ2n) is 9.88. The maximum atomic E-state index is 15.7. The number of amides is 1. The van der Waals surface area contributed by atoms with Gasteiger partial charge in [-0.15, -0.1) is 0 Å². The Morgan fingerprint density at radius 1 is 1.07 bits per heavy atom. The molecule has 4 heterocycles. The molecule has 2 N–H and O–H groups in total. The van der Waals surface area contributed by atoms with Crippen LogP contribution in [0.5, 0.6) is 0 Å². The Morgan fingerprint density at radius 2 is 1.80 bits per heavy atom. The first-order valence-corrected chi connectivity index (χ1v) is 12.9. The molecule has 0 atom stereocenters. The third-order valence-corrected chi connectivity index (χ3v) is 7.13. The summed E-state index contributed by atoms with van der Waals surface area (Å²) in [5, 5.41) is 5.22. The molecule has 0 radical (unpaired) electrons. The number of hydrogen-bond acceptors (Lipinski definition) is 7. The standard InChI is InChI=1S/C28H30F4N6O2/c1-18-13-22(28(30,31)32)21(17-34-18)27(39)35-24-15-20(23(29)16-25(24)37-7-5-36(2)6-8-37)19-3-4-33-26(14-19)38-9-11-40-12-10-38/h3-4,13-17,34H,1,5-12H2,2H3,(H,35,39). The molecule has 8 nitrogen and oxygen atoms in total. The first-order chi connectivity index (χ1) is 19.1. The van der Waals surface area contributed by atoms with E-state index in [2.05, 4.69) is 27.1 Å². The summed E-state index contributed by atoms with van der Waals surface area (Å²) in [5.74, 6) is -0.829. The average molecular weight is 559 g/mol. The zero-order valence-electron chi connectivity index (χ0n) is 22.0. The fourth-order valence-electron chi connectivity index (χ4n) is 4.89. The van der Waals surface area contributed by atoms with E-state index in [0.29, 0.717) is 69.6 Å². The summed E-state index contributed by atoms with van der Waals surface area (Å²) in [6.45, 7) is 8.45. The molecule has 40 heavy (non-hydrogen) atoms. The summed E-state index contributed by atoms with van der Waals surface area (Å²) in [6.07, 6.45) is -1.41. The lowest BCUT2D eigenvalue weighted by Crippen LogP contribution is -2.44. The number of pyridine rings is 1. The van der Waals surface area contributed by atoms with Crippen LogP contribution in [0.1, 0.15) is 0 Å². The molecule has 0 saturated carbocycles. The molecule has 0 aliphatic carbocycles. The molecule has 1 aromatic heterocycles. The van der Waals surface area contributed by atoms with E-state index >= 15 is 4.39 Å². The van der Waals surface area contributed by atoms with Gasteiger partial charge in [-0.1, -0.05) is 6.58 Å². The molecule has 1 amide bonds. The number of ether oxygens (including phenoxy) is 1. The Morgan fingerprint density at radius 3 is 2.50 bits per heavy atom. The van der Waals surface area contributed by atoms with Gasteiger partial charge in [-0.05, 0) is 43.0 Å². The van der Waals surface area contributed by atoms with Crippen molar-refractivity contribution in [1.29, 1.82) is 0 Å². The van der Waals surface area contributed by atoms with Gasteiger partial charge in [0.2, 0.25) is 0 Å². The van der Waals surface area contributed by atoms with E-state index in [-0.39, 0.29) is 16.9 Å². The predicted molar refractivity (Wildman–Crippen MR) is 145 cm³/mol. The van der Waals surface area contributed by atoms with Gasteiger partial charge in [-0.25, -0.2) is 9.37 Å². The van der Waals surface area contributed by atoms with Crippen LogP contribution in [-0.2, 0) is 9.53 Å². The largest absolute Gasteiger partial charge is 0.417 e. The van der Waals surface area contributed by atoms with Crippen molar-refractivity contribution >= 4 is 23.1 Å². The second kappa shape index (κ2) is 11.3. The number of allylic oxidation sites excluding steroid dienone is 1. The summed E-state index contributed by atoms with van der Waals surface area (Å²) in [6, 6.07) is 6.23. The topological polar surface area (TPSA) is 73.0 Å². The number of aromatic nitrogens is 1. The minimum Gasteiger partial charge on any atom is -0.378 e. The van der Waals surface area contributed by atoms with E-state index < -0.39 is 29.0 Å². The highest BCUT2D eigenvalue weighted by molar-refractivity contribution is 6.09. The fraction of sp³-hybridized carbons (Fsp3) is 0.357. The van der Waals surface area contributed by atoms with E-state index in [1.165, 1.54) is 12.1 Å². The van der Waals surface area contributed by atoms with Gasteiger partial charge in [0.05, 0.1) is 35.7 Å². The van der Waals surface area contributed by atoms with Crippen LogP contribution in [0.2, 0.25) is 0 Å². The molecule has 2 saturated heterocycles. The quantitative estimate of drug-likeness (QED) is 0.540. The van der Waals surface area contributed by atoms with Crippen LogP contribution in [0, 0.1) is 5.82 Å². The summed E-state index contributed by atoms with van der Waals surface area (Å²) in [4.78, 5) is 23.8. The molecule has 212 valence electrons. The molecule has 0 bridgehead atoms. The van der Waals surface area contributed by atoms with Crippen molar-refractivity contribution in [3.63, 3.8) is 0 Å². The Hall–Kier alpha value is -3.90. The van der Waals surface area contributed by atoms with Gasteiger partial charge in [0, 0.05) is 62.9 Å². The number of hydrogen-bond donors (Lipinski definition) is 2. The molecule has 2 fully saturated rings. The zero-order valence-corrected chi connectivity index (χ0v) is 22.0. The first-order valence-electron chi connectivity index (χ1n) is 12.9. The van der Waals surface area contributed by atoms with E-state index in [1.807, 2.05) is 16.8 Å². The number of benzene rings is 1. The van der Waals surface area contributed by atoms with Gasteiger partial charge in [0.25, 0.3) is 5.91 Å². The predicted octanol–water partition coefficient (Wildman–Crippen LogP) is 3.90. The zero-order chi connectivity index (χ0) is 28.4. The molecule has 2 aromatic rings. The third-order valence-electron chi connectivity index (χ3n) is 7.13. The summed E-state index contributed by atoms with van der Waals surface area (Å²) in [5.41, 5.74) is -0.352. The molecule has 12 heteroatoms. The number of nitrogens with zero attached hydrogens (tertiary/aromatic N) is 4. The maximum absolute atomic E-state index is 15.7. The number of halogens is 4. The normalized spacial score (nSPS) is 18.7. The van der Waals surface area contributed by atoms with Gasteiger partial charge < -0.3 is 30.1 Å². The number of carbonyl (C=O) groups is 1. The molecule has 5 rings (SSSR count). The van der Waals surface area contributed by atoms with Crippen LogP contribution in [0.15, 0.2) is 66.2 Å². The van der Waals surface area contributed by atoms with Gasteiger partial charge in [-0.2, -0.15) is 13.2 Å². The van der Waals surface area contributed by atoms with Crippen molar-refractivity contribution in [3.05, 3.63) is 72.0 Å². The van der Waals surface area contributed by atoms with Crippen molar-refractivity contribution in [2.24, 2.45) is 0 Å². The Balaban J connectivity index is 1.52. The lowest BCUT2D eigenvalue weighted by molar-refractivity contribution is -0.115. The number of likely N-dealkylation sites (N-methyl/N-ethyl adjacent to an activating group) is 1. The summed E-state index contributed by atoms with van der Waals surface area (Å²) >= 11 is 0. The molecular formula is C28H30F4N6O2. The number of dihydropyridines is 1. The fourth-order valence-corrected chi connectivity index (χ4v) is 4.89.